The van der Waals surface area contributed by atoms with Gasteiger partial charge < -0.3 is 0 Å². The van der Waals surface area contributed by atoms with E-state index in [1.165, 1.54) is 0 Å². The van der Waals surface area contributed by atoms with Gasteiger partial charge in [0.05, 0.1) is 0 Å². The third-order valence-corrected chi connectivity index (χ3v) is 1.37. The molecule has 0 nitrogen and oxygen atoms in total. The Morgan fingerprint density at radius 2 is 1.43 bits per heavy atom. The monoisotopic (exact) mass is 104 g/mol. The molecule has 0 heterocycles. The molecule has 0 saturated carbocycles. The Bertz CT molecular complexity index is 49.7. The highest BCUT2D eigenvalue weighted by Crippen LogP contribution is 2.18. The van der Waals surface area contributed by atoms with Crippen LogP contribution in [0.2, 0.25) is 0 Å². The summed E-state index contributed by atoms with van der Waals surface area (Å²) in [5.74, 6) is 0.132. The summed E-state index contributed by atoms with van der Waals surface area (Å²) >= 11 is 0. The fraction of sp³-hybridized carbons (Fsp3) is 1.00. The van der Waals surface area contributed by atoms with Crippen LogP contribution < -0.4 is 0 Å². The van der Waals surface area contributed by atoms with Crippen LogP contribution in [-0.4, -0.2) is 5.67 Å². The van der Waals surface area contributed by atoms with Crippen LogP contribution in [-0.2, 0) is 0 Å². The molecule has 1 heteroatoms. The lowest BCUT2D eigenvalue weighted by atomic mass is 9.97. The summed E-state index contributed by atoms with van der Waals surface area (Å²) in [5, 5.41) is 0. The first-order chi connectivity index (χ1) is 2.94. The van der Waals surface area contributed by atoms with Gasteiger partial charge in [0.15, 0.2) is 0 Å². The number of alkyl halides is 1. The Hall–Kier alpha value is -0.0700. The predicted molar refractivity (Wildman–Crippen MR) is 30.0 cm³/mol. The van der Waals surface area contributed by atoms with Crippen LogP contribution in [0, 0.1) is 5.92 Å². The van der Waals surface area contributed by atoms with Crippen molar-refractivity contribution >= 4 is 0 Å². The van der Waals surface area contributed by atoms with Gasteiger partial charge in [0, 0.05) is 0 Å². The zero-order chi connectivity index (χ0) is 6.08. The lowest BCUT2D eigenvalue weighted by Gasteiger charge is -2.17. The fourth-order valence-corrected chi connectivity index (χ4v) is 0. The molecule has 0 unspecified atom stereocenters. The molecule has 0 aromatic rings. The maximum atomic E-state index is 12.5. The topological polar surface area (TPSA) is 0 Å². The summed E-state index contributed by atoms with van der Waals surface area (Å²) in [6, 6.07) is 0. The lowest BCUT2D eigenvalue weighted by Crippen LogP contribution is -2.19. The van der Waals surface area contributed by atoms with E-state index in [1.807, 2.05) is 13.8 Å². The van der Waals surface area contributed by atoms with Crippen LogP contribution in [0.25, 0.3) is 0 Å². The minimum absolute atomic E-state index is 0.132. The van der Waals surface area contributed by atoms with Gasteiger partial charge in [0.1, 0.15) is 5.67 Å². The molecule has 0 aliphatic rings. The van der Waals surface area contributed by atoms with Crippen LogP contribution in [0.1, 0.15) is 27.7 Å². The highest BCUT2D eigenvalue weighted by atomic mass is 19.1. The van der Waals surface area contributed by atoms with E-state index in [0.717, 1.165) is 0 Å². The van der Waals surface area contributed by atoms with Crippen molar-refractivity contribution in [1.29, 1.82) is 0 Å². The Kier molecular flexibility index (Phi) is 1.79. The van der Waals surface area contributed by atoms with Crippen molar-refractivity contribution in [3.05, 3.63) is 0 Å². The van der Waals surface area contributed by atoms with Gasteiger partial charge in [-0.3, -0.25) is 0 Å². The van der Waals surface area contributed by atoms with Crippen LogP contribution >= 0.6 is 0 Å². The molecule has 0 radical (unpaired) electrons. The highest BCUT2D eigenvalue weighted by molar-refractivity contribution is 4.68. The molecule has 0 rings (SSSR count). The zero-order valence-corrected chi connectivity index (χ0v) is 5.46. The standard InChI is InChI=1S/C6H13F/c1-5(2)6(3,4)7/h5H,1-4H3. The van der Waals surface area contributed by atoms with E-state index in [0.29, 0.717) is 0 Å². The molecule has 0 spiro atoms. The molecule has 44 valence electrons. The molecule has 0 aromatic carbocycles. The van der Waals surface area contributed by atoms with Gasteiger partial charge >= 0.3 is 0 Å². The van der Waals surface area contributed by atoms with E-state index >= 15 is 0 Å². The summed E-state index contributed by atoms with van der Waals surface area (Å²) in [4.78, 5) is 0. The van der Waals surface area contributed by atoms with Gasteiger partial charge in [-0.25, -0.2) is 4.39 Å². The normalized spacial score (nSPS) is 12.9. The predicted octanol–water partition coefficient (Wildman–Crippen LogP) is 2.39. The number of hydrogen-bond acceptors (Lipinski definition) is 0. The van der Waals surface area contributed by atoms with Gasteiger partial charge in [-0.2, -0.15) is 0 Å². The van der Waals surface area contributed by atoms with Gasteiger partial charge in [-0.15, -0.1) is 0 Å². The quantitative estimate of drug-likeness (QED) is 0.479. The van der Waals surface area contributed by atoms with Gasteiger partial charge in [0.2, 0.25) is 0 Å². The van der Waals surface area contributed by atoms with Crippen LogP contribution in [0.5, 0.6) is 0 Å². The Labute approximate surface area is 44.7 Å². The van der Waals surface area contributed by atoms with E-state index in [2.05, 4.69) is 0 Å². The summed E-state index contributed by atoms with van der Waals surface area (Å²) in [7, 11) is 0. The average molecular weight is 104 g/mol. The number of rotatable bonds is 1. The number of halogens is 1. The molecule has 0 fully saturated rings. The van der Waals surface area contributed by atoms with E-state index < -0.39 is 5.67 Å². The Morgan fingerprint density at radius 3 is 1.43 bits per heavy atom. The lowest BCUT2D eigenvalue weighted by molar-refractivity contribution is 0.148. The average Bonchev–Trinajstić information content (AvgIpc) is 1.31. The molecule has 0 aliphatic heterocycles. The second kappa shape index (κ2) is 1.81. The second-order valence-corrected chi connectivity index (χ2v) is 2.72. The molecule has 7 heavy (non-hydrogen) atoms. The number of hydrogen-bond donors (Lipinski definition) is 0. The molecule has 0 aromatic heterocycles. The maximum Gasteiger partial charge on any atom is 0.107 e. The van der Waals surface area contributed by atoms with Gasteiger partial charge in [-0.1, -0.05) is 13.8 Å². The molecule has 0 bridgehead atoms. The molecule has 0 aliphatic carbocycles. The van der Waals surface area contributed by atoms with E-state index in [4.69, 9.17) is 0 Å². The van der Waals surface area contributed by atoms with Crippen molar-refractivity contribution in [2.24, 2.45) is 5.92 Å². The molecule has 0 N–H and O–H groups in total. The minimum Gasteiger partial charge on any atom is -0.244 e. The highest BCUT2D eigenvalue weighted by Gasteiger charge is 2.19. The van der Waals surface area contributed by atoms with E-state index in [-0.39, 0.29) is 5.92 Å². The van der Waals surface area contributed by atoms with Crippen LogP contribution in [0.15, 0.2) is 0 Å². The zero-order valence-electron chi connectivity index (χ0n) is 5.46. The summed E-state index contributed by atoms with van der Waals surface area (Å²) in [6.45, 7) is 6.94. The molecule has 0 atom stereocenters. The second-order valence-electron chi connectivity index (χ2n) is 2.72. The SMILES string of the molecule is CC(C)C(C)(C)F. The third-order valence-electron chi connectivity index (χ3n) is 1.37. The van der Waals surface area contributed by atoms with Crippen molar-refractivity contribution in [2.45, 2.75) is 33.4 Å². The Balaban J connectivity index is 3.54. The van der Waals surface area contributed by atoms with Crippen molar-refractivity contribution in [1.82, 2.24) is 0 Å². The van der Waals surface area contributed by atoms with Gasteiger partial charge in [-0.05, 0) is 19.8 Å². The maximum absolute atomic E-state index is 12.5. The smallest absolute Gasteiger partial charge is 0.107 e. The fourth-order valence-electron chi connectivity index (χ4n) is 0. The summed E-state index contributed by atoms with van der Waals surface area (Å²) in [5.41, 5.74) is -1.00. The van der Waals surface area contributed by atoms with E-state index in [9.17, 15) is 4.39 Å². The third kappa shape index (κ3) is 2.60. The van der Waals surface area contributed by atoms with Crippen LogP contribution in [0.3, 0.4) is 0 Å². The Morgan fingerprint density at radius 1 is 1.29 bits per heavy atom. The first-order valence-corrected chi connectivity index (χ1v) is 2.63. The molecular formula is C6H13F. The van der Waals surface area contributed by atoms with Gasteiger partial charge in [0.25, 0.3) is 0 Å². The van der Waals surface area contributed by atoms with Crippen molar-refractivity contribution < 1.29 is 4.39 Å². The molecule has 0 saturated heterocycles. The summed E-state index contributed by atoms with van der Waals surface area (Å²) in [6.07, 6.45) is 0. The minimum atomic E-state index is -1.00. The first-order valence-electron chi connectivity index (χ1n) is 2.63. The van der Waals surface area contributed by atoms with Crippen LogP contribution in [0.4, 0.5) is 4.39 Å². The van der Waals surface area contributed by atoms with E-state index in [1.54, 1.807) is 13.8 Å². The van der Waals surface area contributed by atoms with Crippen molar-refractivity contribution in [3.8, 4) is 0 Å². The molecular weight excluding hydrogens is 91.1 g/mol. The largest absolute Gasteiger partial charge is 0.244 e. The summed E-state index contributed by atoms with van der Waals surface area (Å²) < 4.78 is 12.5. The van der Waals surface area contributed by atoms with Crippen molar-refractivity contribution in [3.63, 3.8) is 0 Å². The first kappa shape index (κ1) is 6.93. The van der Waals surface area contributed by atoms with Crippen molar-refractivity contribution in [2.75, 3.05) is 0 Å². The molecule has 0 amide bonds.